The molecule has 8 heavy (non-hydrogen) atoms. The maximum absolute atomic E-state index is 10.4. The second-order valence-corrected chi connectivity index (χ2v) is 1.49. The van der Waals surface area contributed by atoms with E-state index in [1.807, 2.05) is 0 Å². The first-order valence-electron chi connectivity index (χ1n) is 2.15. The average Bonchev–Trinajstić information content (AvgIpc) is 1.85. The summed E-state index contributed by atoms with van der Waals surface area (Å²) in [6.07, 6.45) is 0. The van der Waals surface area contributed by atoms with Crippen LogP contribution >= 0.6 is 0 Å². The molecule has 1 rings (SSSR count). The second-order valence-electron chi connectivity index (χ2n) is 1.49. The Labute approximate surface area is 46.1 Å². The van der Waals surface area contributed by atoms with Crippen molar-refractivity contribution in [1.82, 2.24) is 15.1 Å². The minimum atomic E-state index is -0.326. The third kappa shape index (κ3) is 0.617. The summed E-state index contributed by atoms with van der Waals surface area (Å²) in [5.74, 6) is 0. The molecule has 1 aromatic heterocycles. The Balaban J connectivity index is 3.14. The first-order chi connectivity index (χ1) is 3.70. The molecular weight excluding hydrogens is 108 g/mol. The first-order valence-corrected chi connectivity index (χ1v) is 2.15. The standard InChI is InChI=1S/C3H6N4O/c1-6-3(8)4-7(2)5-6/h1-2H3. The molecule has 0 atom stereocenters. The highest BCUT2D eigenvalue weighted by Gasteiger charge is 1.99. The Morgan fingerprint density at radius 2 is 2.38 bits per heavy atom. The minimum Gasteiger partial charge on any atom is -0.816 e. The van der Waals surface area contributed by atoms with Crippen LogP contribution in [-0.4, -0.2) is 15.1 Å². The smallest absolute Gasteiger partial charge is 0.266 e. The van der Waals surface area contributed by atoms with E-state index in [-0.39, 0.29) is 6.01 Å². The third-order valence-electron chi connectivity index (χ3n) is 0.771. The molecule has 0 fully saturated rings. The monoisotopic (exact) mass is 114 g/mol. The summed E-state index contributed by atoms with van der Waals surface area (Å²) >= 11 is 0. The van der Waals surface area contributed by atoms with Gasteiger partial charge >= 0.3 is 0 Å². The van der Waals surface area contributed by atoms with Crippen LogP contribution in [0.2, 0.25) is 0 Å². The van der Waals surface area contributed by atoms with E-state index < -0.39 is 0 Å². The van der Waals surface area contributed by atoms with Gasteiger partial charge in [-0.3, -0.25) is 0 Å². The van der Waals surface area contributed by atoms with Gasteiger partial charge in [0.15, 0.2) is 0 Å². The number of aryl methyl sites for hydroxylation is 2. The fraction of sp³-hybridized carbons (Fsp3) is 0.667. The Bertz CT molecular complexity index is 174. The van der Waals surface area contributed by atoms with E-state index in [2.05, 4.69) is 10.3 Å². The van der Waals surface area contributed by atoms with E-state index in [4.69, 9.17) is 0 Å². The first kappa shape index (κ1) is 5.02. The van der Waals surface area contributed by atoms with Crippen LogP contribution in [-0.2, 0) is 14.1 Å². The van der Waals surface area contributed by atoms with Crippen molar-refractivity contribution in [1.29, 1.82) is 0 Å². The summed E-state index contributed by atoms with van der Waals surface area (Å²) in [5.41, 5.74) is 0. The number of rotatable bonds is 0. The van der Waals surface area contributed by atoms with Gasteiger partial charge in [0.1, 0.15) is 7.05 Å². The van der Waals surface area contributed by atoms with Crippen molar-refractivity contribution < 1.29 is 9.79 Å². The van der Waals surface area contributed by atoms with Gasteiger partial charge in [-0.1, -0.05) is 0 Å². The number of tetrazole rings is 1. The van der Waals surface area contributed by atoms with Gasteiger partial charge < -0.3 is 5.11 Å². The highest BCUT2D eigenvalue weighted by Crippen LogP contribution is 1.76. The van der Waals surface area contributed by atoms with Crippen molar-refractivity contribution in [2.75, 3.05) is 0 Å². The molecule has 0 aromatic carbocycles. The number of hydrogen-bond donors (Lipinski definition) is 0. The van der Waals surface area contributed by atoms with Gasteiger partial charge in [-0.05, 0) is 4.80 Å². The summed E-state index contributed by atoms with van der Waals surface area (Å²) in [7, 11) is 3.15. The Kier molecular flexibility index (Phi) is 0.896. The summed E-state index contributed by atoms with van der Waals surface area (Å²) in [5, 5.41) is 17.5. The molecule has 0 unspecified atom stereocenters. The van der Waals surface area contributed by atoms with E-state index >= 15 is 0 Å². The Morgan fingerprint density at radius 1 is 1.75 bits per heavy atom. The van der Waals surface area contributed by atoms with Gasteiger partial charge in [-0.2, -0.15) is 0 Å². The van der Waals surface area contributed by atoms with Crippen LogP contribution in [0.25, 0.3) is 0 Å². The number of aromatic nitrogens is 4. The average molecular weight is 114 g/mol. The normalized spacial score (nSPS) is 9.75. The molecule has 0 aliphatic heterocycles. The minimum absolute atomic E-state index is 0.326. The van der Waals surface area contributed by atoms with E-state index in [0.717, 1.165) is 0 Å². The lowest BCUT2D eigenvalue weighted by molar-refractivity contribution is -0.766. The third-order valence-corrected chi connectivity index (χ3v) is 0.771. The van der Waals surface area contributed by atoms with Gasteiger partial charge in [-0.25, -0.2) is 0 Å². The van der Waals surface area contributed by atoms with Crippen molar-refractivity contribution in [3.8, 4) is 6.01 Å². The zero-order valence-electron chi connectivity index (χ0n) is 4.70. The molecule has 0 saturated carbocycles. The molecule has 0 bridgehead atoms. The molecule has 0 saturated heterocycles. The van der Waals surface area contributed by atoms with Gasteiger partial charge in [0.25, 0.3) is 6.01 Å². The molecule has 1 heterocycles. The zero-order chi connectivity index (χ0) is 6.15. The molecule has 1 aromatic rings. The van der Waals surface area contributed by atoms with Crippen LogP contribution in [0.4, 0.5) is 0 Å². The predicted molar refractivity (Wildman–Crippen MR) is 21.6 cm³/mol. The van der Waals surface area contributed by atoms with Crippen LogP contribution in [0, 0.1) is 0 Å². The quantitative estimate of drug-likeness (QED) is 0.357. The molecule has 0 aliphatic rings. The highest BCUT2D eigenvalue weighted by atomic mass is 16.3. The van der Waals surface area contributed by atoms with Gasteiger partial charge in [0.05, 0.1) is 17.4 Å². The van der Waals surface area contributed by atoms with Crippen LogP contribution < -0.4 is 9.79 Å². The Hall–Kier alpha value is -1.13. The molecule has 0 spiro atoms. The van der Waals surface area contributed by atoms with Crippen molar-refractivity contribution in [2.24, 2.45) is 14.1 Å². The highest BCUT2D eigenvalue weighted by molar-refractivity contribution is 4.60. The van der Waals surface area contributed by atoms with Crippen LogP contribution in [0.5, 0.6) is 6.01 Å². The van der Waals surface area contributed by atoms with Crippen LogP contribution in [0.15, 0.2) is 0 Å². The summed E-state index contributed by atoms with van der Waals surface area (Å²) in [6, 6.07) is -0.326. The second kappa shape index (κ2) is 1.43. The predicted octanol–water partition coefficient (Wildman–Crippen LogP) is -2.29. The molecule has 0 N–H and O–H groups in total. The Morgan fingerprint density at radius 3 is 2.50 bits per heavy atom. The van der Waals surface area contributed by atoms with Gasteiger partial charge in [0, 0.05) is 0 Å². The fourth-order valence-electron chi connectivity index (χ4n) is 0.441. The van der Waals surface area contributed by atoms with E-state index in [0.29, 0.717) is 0 Å². The van der Waals surface area contributed by atoms with Crippen molar-refractivity contribution in [3.05, 3.63) is 0 Å². The molecular formula is C3H6N4O. The molecule has 0 radical (unpaired) electrons. The lowest BCUT2D eigenvalue weighted by Crippen LogP contribution is -2.34. The summed E-state index contributed by atoms with van der Waals surface area (Å²) in [4.78, 5) is 1.22. The van der Waals surface area contributed by atoms with Crippen molar-refractivity contribution >= 4 is 0 Å². The maximum Gasteiger partial charge on any atom is 0.266 e. The van der Waals surface area contributed by atoms with Crippen LogP contribution in [0.1, 0.15) is 0 Å². The SMILES string of the molecule is Cn1nc([O-])[n+](C)n1. The number of hydrogen-bond acceptors (Lipinski definition) is 3. The lowest BCUT2D eigenvalue weighted by Gasteiger charge is -1.85. The van der Waals surface area contributed by atoms with E-state index in [1.54, 1.807) is 14.1 Å². The summed E-state index contributed by atoms with van der Waals surface area (Å²) < 4.78 is 1.17. The van der Waals surface area contributed by atoms with Gasteiger partial charge in [-0.15, -0.1) is 4.68 Å². The molecule has 0 aliphatic carbocycles. The maximum atomic E-state index is 10.4. The zero-order valence-corrected chi connectivity index (χ0v) is 4.70. The molecule has 0 amide bonds. The molecule has 5 heteroatoms. The van der Waals surface area contributed by atoms with E-state index in [9.17, 15) is 5.11 Å². The lowest BCUT2D eigenvalue weighted by atomic mass is 11.1. The van der Waals surface area contributed by atoms with Crippen molar-refractivity contribution in [2.45, 2.75) is 0 Å². The molecule has 44 valence electrons. The topological polar surface area (TPSA) is 57.6 Å². The summed E-state index contributed by atoms with van der Waals surface area (Å²) in [6.45, 7) is 0. The number of nitrogens with zero attached hydrogens (tertiary/aromatic N) is 4. The van der Waals surface area contributed by atoms with Gasteiger partial charge in [0.2, 0.25) is 0 Å². The van der Waals surface area contributed by atoms with Crippen LogP contribution in [0.3, 0.4) is 0 Å². The van der Waals surface area contributed by atoms with E-state index in [1.165, 1.54) is 9.48 Å². The largest absolute Gasteiger partial charge is 0.816 e. The molecule has 5 nitrogen and oxygen atoms in total. The fourth-order valence-corrected chi connectivity index (χ4v) is 0.441. The van der Waals surface area contributed by atoms with Crippen molar-refractivity contribution in [3.63, 3.8) is 0 Å².